The second kappa shape index (κ2) is 16.3. The van der Waals surface area contributed by atoms with Gasteiger partial charge in [-0.3, -0.25) is 4.90 Å². The molecule has 0 unspecified atom stereocenters. The van der Waals surface area contributed by atoms with Crippen molar-refractivity contribution >= 4 is 34.5 Å². The third kappa shape index (κ3) is 9.94. The Kier molecular flexibility index (Phi) is 12.7. The predicted molar refractivity (Wildman–Crippen MR) is 173 cm³/mol. The number of alkyl halides is 3. The molecule has 4 rings (SSSR count). The summed E-state index contributed by atoms with van der Waals surface area (Å²) in [5.74, 6) is -3.36. The molecule has 0 aliphatic carbocycles. The first-order valence-corrected chi connectivity index (χ1v) is 17.0. The van der Waals surface area contributed by atoms with Crippen LogP contribution in [-0.2, 0) is 34.1 Å². The lowest BCUT2D eigenvalue weighted by Gasteiger charge is -2.35. The van der Waals surface area contributed by atoms with Crippen molar-refractivity contribution in [1.82, 2.24) is 19.8 Å². The lowest BCUT2D eigenvalue weighted by molar-refractivity contribution is -0.136. The molecule has 47 heavy (non-hydrogen) atoms. The van der Waals surface area contributed by atoms with Gasteiger partial charge >= 0.3 is 12.2 Å². The number of carbonyl (C=O) groups excluding carboxylic acids is 1. The highest BCUT2D eigenvalue weighted by Gasteiger charge is 2.37. The number of nitrogens with zero attached hydrogens (tertiary/aromatic N) is 3. The molecule has 2 aromatic heterocycles. The van der Waals surface area contributed by atoms with E-state index in [9.17, 15) is 18.0 Å². The molecule has 1 saturated heterocycles. The quantitative estimate of drug-likeness (QED) is 0.0862. The number of halogens is 5. The van der Waals surface area contributed by atoms with Crippen molar-refractivity contribution in [2.45, 2.75) is 70.9 Å². The van der Waals surface area contributed by atoms with E-state index in [0.29, 0.717) is 30.7 Å². The average molecular weight is 689 g/mol. The number of anilines is 1. The van der Waals surface area contributed by atoms with Crippen LogP contribution in [0.25, 0.3) is 11.0 Å². The fourth-order valence-corrected chi connectivity index (χ4v) is 6.66. The Bertz CT molecular complexity index is 1470. The normalized spacial score (nSPS) is 18.1. The molecule has 9 nitrogen and oxygen atoms in total. The van der Waals surface area contributed by atoms with E-state index in [0.717, 1.165) is 50.5 Å². The Balaban J connectivity index is 1.42. The van der Waals surface area contributed by atoms with Crippen molar-refractivity contribution in [1.29, 1.82) is 0 Å². The lowest BCUT2D eigenvalue weighted by atomic mass is 10.1. The molecule has 1 aliphatic heterocycles. The van der Waals surface area contributed by atoms with Crippen molar-refractivity contribution in [2.75, 3.05) is 44.4 Å². The van der Waals surface area contributed by atoms with Crippen LogP contribution in [0.4, 0.5) is 32.4 Å². The smallest absolute Gasteiger partial charge is 0.418 e. The van der Waals surface area contributed by atoms with E-state index in [1.54, 1.807) is 0 Å². The molecular weight excluding hydrogens is 645 g/mol. The number of benzene rings is 1. The van der Waals surface area contributed by atoms with Gasteiger partial charge in [-0.1, -0.05) is 13.8 Å². The van der Waals surface area contributed by atoms with Gasteiger partial charge in [-0.2, -0.15) is 13.2 Å². The number of rotatable bonds is 14. The summed E-state index contributed by atoms with van der Waals surface area (Å²) in [5, 5.41) is 4.95. The summed E-state index contributed by atoms with van der Waals surface area (Å²) in [6.45, 7) is 11.0. The summed E-state index contributed by atoms with van der Waals surface area (Å²) in [5.41, 5.74) is -1.39. The molecule has 0 bridgehead atoms. The lowest BCUT2D eigenvalue weighted by Crippen LogP contribution is -2.46. The number of urea groups is 1. The van der Waals surface area contributed by atoms with Gasteiger partial charge < -0.3 is 29.4 Å². The maximum absolute atomic E-state index is 15.1. The second-order valence-corrected chi connectivity index (χ2v) is 13.2. The zero-order valence-electron chi connectivity index (χ0n) is 27.2. The fraction of sp³-hybridized carbons (Fsp3) is 0.562. The average Bonchev–Trinajstić information content (AvgIpc) is 3.37. The molecule has 0 radical (unpaired) electrons. The van der Waals surface area contributed by atoms with Gasteiger partial charge in [0.1, 0.15) is 23.4 Å². The molecule has 260 valence electrons. The summed E-state index contributed by atoms with van der Waals surface area (Å²) in [6.07, 6.45) is 0.927. The molecule has 1 fully saturated rings. The van der Waals surface area contributed by atoms with E-state index < -0.39 is 46.3 Å². The number of carbonyl (C=O) groups is 1. The maximum Gasteiger partial charge on any atom is 0.418 e. The number of fused-ring (bicyclic) bond motifs is 1. The fourth-order valence-electron chi connectivity index (χ4n) is 5.70. The number of hydrogen-bond donors (Lipinski definition) is 2. The number of thiol groups is 1. The molecule has 3 atom stereocenters. The molecule has 2 N–H and O–H groups in total. The Morgan fingerprint density at radius 1 is 1.17 bits per heavy atom. The SMILES string of the molecule is C[SH+][C@H](CCOCn1cc(C(F)(F)F)c2c(Oc3c(F)cc(NC(=O)NCCCN4C[C@@H](C)O[C@H](C)C4)cc3F)ccnc21)C(C)C. The minimum Gasteiger partial charge on any atom is -0.450 e. The van der Waals surface area contributed by atoms with E-state index >= 15 is 8.78 Å². The molecule has 0 spiro atoms. The topological polar surface area (TPSA) is 89.9 Å². The molecule has 2 amide bonds. The van der Waals surface area contributed by atoms with Gasteiger partial charge in [0.15, 0.2) is 17.4 Å². The van der Waals surface area contributed by atoms with E-state index in [1.165, 1.54) is 22.5 Å². The highest BCUT2D eigenvalue weighted by Crippen LogP contribution is 2.42. The molecular formula is C32H43F5N5O4S+. The maximum atomic E-state index is 15.1. The molecule has 1 aliphatic rings. The van der Waals surface area contributed by atoms with Crippen molar-refractivity contribution in [2.24, 2.45) is 5.92 Å². The van der Waals surface area contributed by atoms with E-state index in [-0.39, 0.29) is 30.3 Å². The molecule has 1 aromatic carbocycles. The van der Waals surface area contributed by atoms with E-state index in [1.807, 2.05) is 20.1 Å². The van der Waals surface area contributed by atoms with Crippen molar-refractivity contribution < 1.29 is 41.0 Å². The Morgan fingerprint density at radius 3 is 2.47 bits per heavy atom. The van der Waals surface area contributed by atoms with Crippen molar-refractivity contribution in [3.63, 3.8) is 0 Å². The zero-order valence-corrected chi connectivity index (χ0v) is 28.1. The Hall–Kier alpha value is -3.14. The molecule has 0 saturated carbocycles. The Morgan fingerprint density at radius 2 is 1.85 bits per heavy atom. The Labute approximate surface area is 275 Å². The number of nitrogens with one attached hydrogen (secondary N) is 2. The molecule has 3 heterocycles. The van der Waals surface area contributed by atoms with Crippen LogP contribution in [0, 0.1) is 17.6 Å². The predicted octanol–water partition coefficient (Wildman–Crippen LogP) is 6.58. The van der Waals surface area contributed by atoms with Crippen LogP contribution in [-0.4, -0.2) is 77.0 Å². The van der Waals surface area contributed by atoms with Crippen LogP contribution in [0.15, 0.2) is 30.6 Å². The van der Waals surface area contributed by atoms with Gasteiger partial charge in [0.05, 0.1) is 36.0 Å². The van der Waals surface area contributed by atoms with Crippen LogP contribution >= 0.6 is 0 Å². The first-order chi connectivity index (χ1) is 22.3. The summed E-state index contributed by atoms with van der Waals surface area (Å²) in [4.78, 5) is 18.7. The van der Waals surface area contributed by atoms with Gasteiger partial charge in [-0.05, 0) is 38.1 Å². The number of hydrogen-bond acceptors (Lipinski definition) is 6. The number of pyridine rings is 1. The second-order valence-electron chi connectivity index (χ2n) is 12.0. The van der Waals surface area contributed by atoms with Crippen molar-refractivity contribution in [3.8, 4) is 11.5 Å². The first kappa shape index (κ1) is 36.7. The van der Waals surface area contributed by atoms with Gasteiger partial charge in [0.2, 0.25) is 0 Å². The van der Waals surface area contributed by atoms with Crippen LogP contribution in [0.3, 0.4) is 0 Å². The largest absolute Gasteiger partial charge is 0.450 e. The molecule has 3 aromatic rings. The third-order valence-corrected chi connectivity index (χ3v) is 9.33. The standard InChI is InChI=1S/C32H42F5N5O4S/c1-19(2)27(47-5)8-12-44-18-42-17-23(32(35,36)37)28-26(7-10-38-30(28)42)46-29-24(33)13-22(14-25(29)34)40-31(43)39-9-6-11-41-15-20(3)45-21(4)16-41/h7,10,13-14,17,19-21,27H,6,8-9,11-12,15-16,18H2,1-5H3,(H2,39,40,43)/p+1/t20-,21-,27-/m1/s1. The van der Waals surface area contributed by atoms with Crippen LogP contribution in [0.5, 0.6) is 11.5 Å². The minimum atomic E-state index is -4.81. The first-order valence-electron chi connectivity index (χ1n) is 15.6. The summed E-state index contributed by atoms with van der Waals surface area (Å²) in [7, 11) is 0. The van der Waals surface area contributed by atoms with Crippen molar-refractivity contribution in [3.05, 3.63) is 47.8 Å². The van der Waals surface area contributed by atoms with Crippen LogP contribution < -0.4 is 15.4 Å². The summed E-state index contributed by atoms with van der Waals surface area (Å²) < 4.78 is 90.6. The molecule has 15 heteroatoms. The van der Waals surface area contributed by atoms with E-state index in [2.05, 4.69) is 34.4 Å². The van der Waals surface area contributed by atoms with Crippen LogP contribution in [0.1, 0.15) is 46.1 Å². The van der Waals surface area contributed by atoms with Gasteiger partial charge in [0.25, 0.3) is 0 Å². The van der Waals surface area contributed by atoms with Gasteiger partial charge in [-0.15, -0.1) is 0 Å². The number of aromatic nitrogens is 2. The number of ether oxygens (including phenoxy) is 3. The number of amides is 2. The highest BCUT2D eigenvalue weighted by molar-refractivity contribution is 7.78. The minimum absolute atomic E-state index is 0.114. The summed E-state index contributed by atoms with van der Waals surface area (Å²) >= 11 is 1.20. The highest BCUT2D eigenvalue weighted by atomic mass is 32.2. The van der Waals surface area contributed by atoms with Gasteiger partial charge in [0, 0.05) is 68.7 Å². The van der Waals surface area contributed by atoms with Gasteiger partial charge in [-0.25, -0.2) is 18.6 Å². The zero-order chi connectivity index (χ0) is 34.3. The van der Waals surface area contributed by atoms with Crippen LogP contribution in [0.2, 0.25) is 0 Å². The summed E-state index contributed by atoms with van der Waals surface area (Å²) in [6, 6.07) is 2.10. The number of morpholine rings is 1. The monoisotopic (exact) mass is 688 g/mol. The third-order valence-electron chi connectivity index (χ3n) is 7.81. The van der Waals surface area contributed by atoms with E-state index in [4.69, 9.17) is 14.2 Å².